The molecule has 0 bridgehead atoms. The molecule has 0 spiro atoms. The summed E-state index contributed by atoms with van der Waals surface area (Å²) in [6.07, 6.45) is 0. The molecule has 0 N–H and O–H groups in total. The summed E-state index contributed by atoms with van der Waals surface area (Å²) in [5.74, 6) is -0.661. The van der Waals surface area contributed by atoms with Gasteiger partial charge in [-0.15, -0.1) is 0 Å². The number of carbonyl (C=O) groups excluding carboxylic acids is 2. The summed E-state index contributed by atoms with van der Waals surface area (Å²) in [6.45, 7) is 1.71. The number of methoxy groups -OCH3 is 1. The Labute approximate surface area is 110 Å². The zero-order valence-corrected chi connectivity index (χ0v) is 12.0. The van der Waals surface area contributed by atoms with Crippen molar-refractivity contribution < 1.29 is 14.3 Å². The van der Waals surface area contributed by atoms with Gasteiger partial charge in [0.1, 0.15) is 0 Å². The van der Waals surface area contributed by atoms with Gasteiger partial charge >= 0.3 is 5.97 Å². The predicted molar refractivity (Wildman–Crippen MR) is 68.2 cm³/mol. The summed E-state index contributed by atoms with van der Waals surface area (Å²) in [6, 6.07) is 4.90. The van der Waals surface area contributed by atoms with Gasteiger partial charge in [0, 0.05) is 10.0 Å². The highest BCUT2D eigenvalue weighted by Gasteiger charge is 2.20. The first kappa shape index (κ1) is 13.4. The summed E-state index contributed by atoms with van der Waals surface area (Å²) >= 11 is 6.44. The molecule has 16 heavy (non-hydrogen) atoms. The van der Waals surface area contributed by atoms with Gasteiger partial charge in [0.2, 0.25) is 0 Å². The molecule has 3 nitrogen and oxygen atoms in total. The van der Waals surface area contributed by atoms with E-state index >= 15 is 0 Å². The van der Waals surface area contributed by atoms with Gasteiger partial charge in [0.25, 0.3) is 0 Å². The van der Waals surface area contributed by atoms with E-state index in [0.717, 1.165) is 4.47 Å². The number of hydrogen-bond donors (Lipinski definition) is 0. The van der Waals surface area contributed by atoms with E-state index in [1.165, 1.54) is 7.11 Å². The van der Waals surface area contributed by atoms with Gasteiger partial charge in [-0.1, -0.05) is 31.9 Å². The number of ether oxygens (including phenoxy) is 1. The lowest BCUT2D eigenvalue weighted by Gasteiger charge is -2.08. The maximum atomic E-state index is 11.8. The molecule has 0 saturated heterocycles. The molecule has 5 heteroatoms. The molecule has 1 unspecified atom stereocenters. The average Bonchev–Trinajstić information content (AvgIpc) is 2.26. The molecular formula is C11H10Br2O3. The van der Waals surface area contributed by atoms with Crippen LogP contribution in [0.3, 0.4) is 0 Å². The maximum Gasteiger partial charge on any atom is 0.338 e. The van der Waals surface area contributed by atoms with E-state index in [4.69, 9.17) is 0 Å². The van der Waals surface area contributed by atoms with Gasteiger partial charge in [-0.25, -0.2) is 4.79 Å². The Bertz CT molecular complexity index is 427. The van der Waals surface area contributed by atoms with Crippen molar-refractivity contribution in [1.82, 2.24) is 0 Å². The highest BCUT2D eigenvalue weighted by atomic mass is 79.9. The quantitative estimate of drug-likeness (QED) is 0.478. The Morgan fingerprint density at radius 3 is 2.44 bits per heavy atom. The molecule has 1 rings (SSSR count). The van der Waals surface area contributed by atoms with Crippen LogP contribution in [-0.2, 0) is 4.74 Å². The standard InChI is InChI=1S/C11H10Br2O3/c1-6(12)10(14)8-4-3-7(13)5-9(8)11(15)16-2/h3-6H,1-2H3. The van der Waals surface area contributed by atoms with Gasteiger partial charge in [0.05, 0.1) is 17.5 Å². The first-order valence-corrected chi connectivity index (χ1v) is 6.24. The zero-order valence-electron chi connectivity index (χ0n) is 8.79. The number of hydrogen-bond acceptors (Lipinski definition) is 3. The van der Waals surface area contributed by atoms with E-state index in [1.807, 2.05) is 0 Å². The van der Waals surface area contributed by atoms with Crippen molar-refractivity contribution in [3.8, 4) is 0 Å². The minimum absolute atomic E-state index is 0.145. The lowest BCUT2D eigenvalue weighted by molar-refractivity contribution is 0.0597. The second-order valence-electron chi connectivity index (χ2n) is 3.16. The van der Waals surface area contributed by atoms with Gasteiger partial charge in [-0.2, -0.15) is 0 Å². The Kier molecular flexibility index (Phi) is 4.68. The van der Waals surface area contributed by atoms with Gasteiger partial charge < -0.3 is 4.74 Å². The van der Waals surface area contributed by atoms with Crippen LogP contribution >= 0.6 is 31.9 Å². The van der Waals surface area contributed by atoms with Crippen LogP contribution in [0.2, 0.25) is 0 Å². The summed E-state index contributed by atoms with van der Waals surface area (Å²) in [5, 5.41) is 0. The molecule has 0 aliphatic rings. The molecular weight excluding hydrogens is 340 g/mol. The molecule has 0 amide bonds. The van der Waals surface area contributed by atoms with Crippen LogP contribution < -0.4 is 0 Å². The molecule has 0 saturated carbocycles. The van der Waals surface area contributed by atoms with E-state index in [1.54, 1.807) is 25.1 Å². The predicted octanol–water partition coefficient (Wildman–Crippen LogP) is 3.20. The lowest BCUT2D eigenvalue weighted by atomic mass is 10.0. The van der Waals surface area contributed by atoms with Gasteiger partial charge in [-0.05, 0) is 25.1 Å². The Balaban J connectivity index is 3.28. The van der Waals surface area contributed by atoms with Crippen LogP contribution in [0.15, 0.2) is 22.7 Å². The summed E-state index contributed by atoms with van der Waals surface area (Å²) in [4.78, 5) is 23.0. The van der Waals surface area contributed by atoms with Crippen molar-refractivity contribution in [1.29, 1.82) is 0 Å². The molecule has 0 aliphatic carbocycles. The maximum absolute atomic E-state index is 11.8. The summed E-state index contributed by atoms with van der Waals surface area (Å²) in [5.41, 5.74) is 0.632. The number of carbonyl (C=O) groups is 2. The first-order chi connectivity index (χ1) is 7.47. The van der Waals surface area contributed by atoms with E-state index in [0.29, 0.717) is 5.56 Å². The molecule has 0 radical (unpaired) electrons. The Morgan fingerprint density at radius 2 is 1.94 bits per heavy atom. The monoisotopic (exact) mass is 348 g/mol. The average molecular weight is 350 g/mol. The van der Waals surface area contributed by atoms with Gasteiger partial charge in [0.15, 0.2) is 5.78 Å². The normalized spacial score (nSPS) is 12.0. The van der Waals surface area contributed by atoms with Crippen LogP contribution in [0.1, 0.15) is 27.6 Å². The van der Waals surface area contributed by atoms with Crippen LogP contribution in [0.25, 0.3) is 0 Å². The van der Waals surface area contributed by atoms with Crippen LogP contribution in [-0.4, -0.2) is 23.7 Å². The fourth-order valence-corrected chi connectivity index (χ4v) is 1.83. The largest absolute Gasteiger partial charge is 0.465 e. The lowest BCUT2D eigenvalue weighted by Crippen LogP contribution is -2.16. The van der Waals surface area contributed by atoms with Crippen LogP contribution in [0.5, 0.6) is 0 Å². The second-order valence-corrected chi connectivity index (χ2v) is 5.45. The number of Topliss-reactive ketones (excluding diaryl/α,β-unsaturated/α-hetero) is 1. The molecule has 0 fully saturated rings. The molecule has 1 aromatic rings. The number of rotatable bonds is 3. The zero-order chi connectivity index (χ0) is 12.3. The van der Waals surface area contributed by atoms with Crippen LogP contribution in [0.4, 0.5) is 0 Å². The van der Waals surface area contributed by atoms with E-state index in [9.17, 15) is 9.59 Å². The first-order valence-electron chi connectivity index (χ1n) is 4.53. The van der Waals surface area contributed by atoms with Crippen molar-refractivity contribution in [2.45, 2.75) is 11.8 Å². The fraction of sp³-hybridized carbons (Fsp3) is 0.273. The highest BCUT2D eigenvalue weighted by Crippen LogP contribution is 2.20. The van der Waals surface area contributed by atoms with Crippen LogP contribution in [0, 0.1) is 0 Å². The third kappa shape index (κ3) is 2.92. The van der Waals surface area contributed by atoms with Crippen molar-refractivity contribution >= 4 is 43.6 Å². The third-order valence-corrected chi connectivity index (χ3v) is 2.92. The molecule has 0 heterocycles. The molecule has 0 aromatic heterocycles. The number of esters is 1. The smallest absolute Gasteiger partial charge is 0.338 e. The number of alkyl halides is 1. The molecule has 1 atom stereocenters. The van der Waals surface area contributed by atoms with E-state index < -0.39 is 5.97 Å². The highest BCUT2D eigenvalue weighted by molar-refractivity contribution is 9.10. The van der Waals surface area contributed by atoms with E-state index in [2.05, 4.69) is 36.6 Å². The topological polar surface area (TPSA) is 43.4 Å². The minimum Gasteiger partial charge on any atom is -0.465 e. The second kappa shape index (κ2) is 5.59. The number of benzene rings is 1. The van der Waals surface area contributed by atoms with Gasteiger partial charge in [-0.3, -0.25) is 4.79 Å². The Morgan fingerprint density at radius 1 is 1.31 bits per heavy atom. The molecule has 1 aromatic carbocycles. The fourth-order valence-electron chi connectivity index (χ4n) is 1.22. The molecule has 0 aliphatic heterocycles. The SMILES string of the molecule is COC(=O)c1cc(Br)ccc1C(=O)C(C)Br. The number of halogens is 2. The minimum atomic E-state index is -0.516. The van der Waals surface area contributed by atoms with Crippen molar-refractivity contribution in [2.75, 3.05) is 7.11 Å². The van der Waals surface area contributed by atoms with Crippen molar-refractivity contribution in [3.05, 3.63) is 33.8 Å². The number of ketones is 1. The Hall–Kier alpha value is -0.680. The van der Waals surface area contributed by atoms with Crippen molar-refractivity contribution in [3.63, 3.8) is 0 Å². The van der Waals surface area contributed by atoms with E-state index in [-0.39, 0.29) is 16.2 Å². The summed E-state index contributed by atoms with van der Waals surface area (Å²) < 4.78 is 5.36. The third-order valence-electron chi connectivity index (χ3n) is 2.01. The summed E-state index contributed by atoms with van der Waals surface area (Å²) in [7, 11) is 1.29. The molecule has 86 valence electrons. The van der Waals surface area contributed by atoms with Crippen molar-refractivity contribution in [2.24, 2.45) is 0 Å².